The number of likely N-dealkylation sites (tertiary alicyclic amines) is 1. The lowest BCUT2D eigenvalue weighted by molar-refractivity contribution is -0.154. The Kier molecular flexibility index (Phi) is 9.13. The third kappa shape index (κ3) is 4.80. The van der Waals surface area contributed by atoms with Gasteiger partial charge in [-0.05, 0) is 31.1 Å². The Morgan fingerprint density at radius 1 is 1.34 bits per heavy atom. The molecule has 3 fully saturated rings. The summed E-state index contributed by atoms with van der Waals surface area (Å²) in [7, 11) is 0. The van der Waals surface area contributed by atoms with Crippen LogP contribution in [0.15, 0.2) is 25.3 Å². The molecule has 0 aliphatic carbocycles. The van der Waals surface area contributed by atoms with Crippen LogP contribution in [0.1, 0.15) is 53.4 Å². The van der Waals surface area contributed by atoms with Crippen LogP contribution in [0.3, 0.4) is 0 Å². The molecule has 0 aromatic rings. The van der Waals surface area contributed by atoms with E-state index in [-0.39, 0.29) is 48.1 Å². The Hall–Kier alpha value is -1.80. The predicted molar refractivity (Wildman–Crippen MR) is 139 cm³/mol. The van der Waals surface area contributed by atoms with E-state index < -0.39 is 28.7 Å². The standard InChI is InChI=1S/C27H42N2O5S/c1-7-10-12-28(11-8-2)25(32)23-27-18(6)15-20(35-27)21(26(33)34-13-9-3)22(27)24(31)29(23)19(16-30)14-17(4)5/h8-9,17-23,30H,2-3,7,10-16H2,1,4-6H3/t18?,19-,20-,21+,22+,23?,27?/m1/s1. The number of rotatable bonds is 13. The molecule has 2 amide bonds. The van der Waals surface area contributed by atoms with Crippen molar-refractivity contribution >= 4 is 29.5 Å². The van der Waals surface area contributed by atoms with Crippen molar-refractivity contribution in [1.82, 2.24) is 9.80 Å². The molecule has 8 heteroatoms. The molecule has 3 unspecified atom stereocenters. The third-order valence-corrected chi connectivity index (χ3v) is 9.90. The third-order valence-electron chi connectivity index (χ3n) is 7.82. The van der Waals surface area contributed by atoms with E-state index in [9.17, 15) is 19.5 Å². The fraction of sp³-hybridized carbons (Fsp3) is 0.741. The van der Waals surface area contributed by atoms with Gasteiger partial charge < -0.3 is 19.6 Å². The van der Waals surface area contributed by atoms with E-state index in [1.54, 1.807) is 27.6 Å². The number of fused-ring (bicyclic) bond motifs is 1. The molecule has 3 aliphatic heterocycles. The fourth-order valence-electron chi connectivity index (χ4n) is 6.43. The Morgan fingerprint density at radius 3 is 2.63 bits per heavy atom. The lowest BCUT2D eigenvalue weighted by Crippen LogP contribution is -2.59. The van der Waals surface area contributed by atoms with Crippen molar-refractivity contribution in [2.45, 2.75) is 75.5 Å². The topological polar surface area (TPSA) is 87.1 Å². The number of esters is 1. The summed E-state index contributed by atoms with van der Waals surface area (Å²) in [6.07, 6.45) is 6.38. The number of hydrogen-bond acceptors (Lipinski definition) is 6. The maximum absolute atomic E-state index is 14.3. The van der Waals surface area contributed by atoms with E-state index in [1.807, 2.05) is 13.8 Å². The highest BCUT2D eigenvalue weighted by Crippen LogP contribution is 2.69. The second-order valence-corrected chi connectivity index (χ2v) is 12.2. The molecule has 3 saturated heterocycles. The van der Waals surface area contributed by atoms with Crippen LogP contribution >= 0.6 is 11.8 Å². The van der Waals surface area contributed by atoms with Crippen molar-refractivity contribution in [3.8, 4) is 0 Å². The molecule has 0 aromatic heterocycles. The zero-order chi connectivity index (χ0) is 25.9. The minimum absolute atomic E-state index is 0.0603. The number of unbranched alkanes of at least 4 members (excludes halogenated alkanes) is 1. The molecule has 0 aromatic carbocycles. The number of hydrogen-bond donors (Lipinski definition) is 1. The van der Waals surface area contributed by atoms with Gasteiger partial charge in [-0.15, -0.1) is 18.3 Å². The first-order valence-electron chi connectivity index (χ1n) is 13.0. The summed E-state index contributed by atoms with van der Waals surface area (Å²) in [5, 5.41) is 10.3. The van der Waals surface area contributed by atoms with Crippen molar-refractivity contribution < 1.29 is 24.2 Å². The lowest BCUT2D eigenvalue weighted by atomic mass is 9.66. The minimum Gasteiger partial charge on any atom is -0.461 e. The number of ether oxygens (including phenoxy) is 1. The van der Waals surface area contributed by atoms with Crippen molar-refractivity contribution in [1.29, 1.82) is 0 Å². The molecule has 1 N–H and O–H groups in total. The summed E-state index contributed by atoms with van der Waals surface area (Å²) in [5.41, 5.74) is 0. The van der Waals surface area contributed by atoms with Crippen LogP contribution in [0.2, 0.25) is 0 Å². The molecule has 196 valence electrons. The Balaban J connectivity index is 2.10. The molecular formula is C27H42N2O5S. The molecule has 35 heavy (non-hydrogen) atoms. The summed E-state index contributed by atoms with van der Waals surface area (Å²) in [5.74, 6) is -1.61. The van der Waals surface area contributed by atoms with Crippen molar-refractivity contribution in [2.24, 2.45) is 23.7 Å². The maximum atomic E-state index is 14.3. The minimum atomic E-state index is -0.727. The van der Waals surface area contributed by atoms with Gasteiger partial charge >= 0.3 is 5.97 Å². The second-order valence-electron chi connectivity index (χ2n) is 10.6. The molecule has 3 heterocycles. The molecular weight excluding hydrogens is 464 g/mol. The summed E-state index contributed by atoms with van der Waals surface area (Å²) >= 11 is 1.63. The van der Waals surface area contributed by atoms with Crippen molar-refractivity contribution in [2.75, 3.05) is 26.3 Å². The molecule has 0 radical (unpaired) electrons. The van der Waals surface area contributed by atoms with E-state index in [1.165, 1.54) is 6.08 Å². The van der Waals surface area contributed by atoms with Crippen LogP contribution in [0.4, 0.5) is 0 Å². The largest absolute Gasteiger partial charge is 0.461 e. The van der Waals surface area contributed by atoms with Gasteiger partial charge in [0.1, 0.15) is 12.6 Å². The van der Waals surface area contributed by atoms with E-state index in [0.29, 0.717) is 19.5 Å². The number of aliphatic hydroxyl groups excluding tert-OH is 1. The first-order valence-corrected chi connectivity index (χ1v) is 13.8. The number of carbonyl (C=O) groups is 3. The molecule has 3 rings (SSSR count). The fourth-order valence-corrected chi connectivity index (χ4v) is 8.82. The molecule has 0 saturated carbocycles. The highest BCUT2D eigenvalue weighted by molar-refractivity contribution is 8.02. The Labute approximate surface area is 214 Å². The van der Waals surface area contributed by atoms with Gasteiger partial charge in [0.05, 0.1) is 29.2 Å². The van der Waals surface area contributed by atoms with Crippen molar-refractivity contribution in [3.63, 3.8) is 0 Å². The van der Waals surface area contributed by atoms with E-state index in [4.69, 9.17) is 4.74 Å². The van der Waals surface area contributed by atoms with Gasteiger partial charge in [0.15, 0.2) is 0 Å². The van der Waals surface area contributed by atoms with Gasteiger partial charge in [0, 0.05) is 18.3 Å². The SMILES string of the molecule is C=CCOC(=O)[C@@H]1[C@H]2C(=O)N([C@@H](CO)CC(C)C)C(C(=O)N(CC=C)CCCC)C23S[C@@H]1CC3C. The first-order chi connectivity index (χ1) is 16.7. The number of nitrogens with zero attached hydrogens (tertiary/aromatic N) is 2. The first kappa shape index (κ1) is 27.8. The van der Waals surface area contributed by atoms with Crippen LogP contribution < -0.4 is 0 Å². The number of amides is 2. The Bertz CT molecular complexity index is 832. The van der Waals surface area contributed by atoms with Gasteiger partial charge in [0.25, 0.3) is 0 Å². The molecule has 7 atom stereocenters. The summed E-state index contributed by atoms with van der Waals surface area (Å²) in [4.78, 5) is 45.1. The van der Waals surface area contributed by atoms with Crippen LogP contribution in [-0.4, -0.2) is 81.1 Å². The lowest BCUT2D eigenvalue weighted by Gasteiger charge is -2.42. The summed E-state index contributed by atoms with van der Waals surface area (Å²) < 4.78 is 4.72. The van der Waals surface area contributed by atoms with Crippen LogP contribution in [0.25, 0.3) is 0 Å². The molecule has 1 spiro atoms. The number of thioether (sulfide) groups is 1. The van der Waals surface area contributed by atoms with Gasteiger partial charge in [0.2, 0.25) is 11.8 Å². The predicted octanol–water partition coefficient (Wildman–Crippen LogP) is 3.27. The van der Waals surface area contributed by atoms with Gasteiger partial charge in [-0.1, -0.05) is 52.8 Å². The molecule has 2 bridgehead atoms. The van der Waals surface area contributed by atoms with Gasteiger partial charge in [-0.25, -0.2) is 0 Å². The molecule has 3 aliphatic rings. The van der Waals surface area contributed by atoms with E-state index in [2.05, 4.69) is 27.0 Å². The van der Waals surface area contributed by atoms with Gasteiger partial charge in [-0.3, -0.25) is 14.4 Å². The highest BCUT2D eigenvalue weighted by Gasteiger charge is 2.77. The quantitative estimate of drug-likeness (QED) is 0.305. The normalized spacial score (nSPS) is 32.0. The average Bonchev–Trinajstić information content (AvgIpc) is 3.41. The summed E-state index contributed by atoms with van der Waals surface area (Å²) in [6.45, 7) is 16.6. The van der Waals surface area contributed by atoms with Gasteiger partial charge in [-0.2, -0.15) is 0 Å². The molecule has 7 nitrogen and oxygen atoms in total. The zero-order valence-corrected chi connectivity index (χ0v) is 22.5. The number of carbonyl (C=O) groups excluding carboxylic acids is 3. The smallest absolute Gasteiger partial charge is 0.311 e. The monoisotopic (exact) mass is 506 g/mol. The van der Waals surface area contributed by atoms with Crippen molar-refractivity contribution in [3.05, 3.63) is 25.3 Å². The maximum Gasteiger partial charge on any atom is 0.311 e. The van der Waals surface area contributed by atoms with E-state index in [0.717, 1.165) is 19.3 Å². The van der Waals surface area contributed by atoms with Crippen LogP contribution in [0.5, 0.6) is 0 Å². The van der Waals surface area contributed by atoms with E-state index >= 15 is 0 Å². The summed E-state index contributed by atoms with van der Waals surface area (Å²) in [6, 6.07) is -1.21. The number of aliphatic hydroxyl groups is 1. The van der Waals surface area contributed by atoms with Crippen LogP contribution in [-0.2, 0) is 19.1 Å². The Morgan fingerprint density at radius 2 is 2.06 bits per heavy atom. The average molecular weight is 507 g/mol. The zero-order valence-electron chi connectivity index (χ0n) is 21.7. The highest BCUT2D eigenvalue weighted by atomic mass is 32.2. The second kappa shape index (κ2) is 11.5. The van der Waals surface area contributed by atoms with Crippen LogP contribution in [0, 0.1) is 23.7 Å².